The number of amides is 1. The van der Waals surface area contributed by atoms with Gasteiger partial charge in [0.25, 0.3) is 5.91 Å². The second-order valence-electron chi connectivity index (χ2n) is 5.94. The third-order valence-corrected chi connectivity index (χ3v) is 4.80. The molecule has 4 aromatic rings. The molecule has 0 saturated heterocycles. The maximum atomic E-state index is 13.1. The zero-order valence-corrected chi connectivity index (χ0v) is 15.0. The Morgan fingerprint density at radius 3 is 2.61 bits per heavy atom. The molecule has 0 aliphatic heterocycles. The van der Waals surface area contributed by atoms with E-state index in [1.54, 1.807) is 48.0 Å². The summed E-state index contributed by atoms with van der Waals surface area (Å²) in [7, 11) is 0. The molecule has 0 spiro atoms. The van der Waals surface area contributed by atoms with Gasteiger partial charge in [-0.25, -0.2) is 9.97 Å². The molecular weight excluding hydrogens is 387 g/mol. The highest BCUT2D eigenvalue weighted by molar-refractivity contribution is 7.13. The molecule has 0 fully saturated rings. The summed E-state index contributed by atoms with van der Waals surface area (Å²) in [5.41, 5.74) is 0.772. The van der Waals surface area contributed by atoms with E-state index >= 15 is 0 Å². The van der Waals surface area contributed by atoms with Crippen LogP contribution >= 0.6 is 11.3 Å². The minimum Gasteiger partial charge on any atom is -0.296 e. The van der Waals surface area contributed by atoms with Crippen molar-refractivity contribution in [3.63, 3.8) is 0 Å². The van der Waals surface area contributed by atoms with Crippen molar-refractivity contribution >= 4 is 33.3 Å². The van der Waals surface area contributed by atoms with Gasteiger partial charge in [0.1, 0.15) is 5.69 Å². The molecule has 28 heavy (non-hydrogen) atoms. The van der Waals surface area contributed by atoms with Crippen molar-refractivity contribution in [2.75, 3.05) is 5.32 Å². The number of carbonyl (C=O) groups excluding carboxylic acids is 1. The first-order valence-electron chi connectivity index (χ1n) is 8.20. The summed E-state index contributed by atoms with van der Waals surface area (Å²) in [5.74, 6) is -0.435. The van der Waals surface area contributed by atoms with Crippen molar-refractivity contribution in [2.24, 2.45) is 0 Å². The van der Waals surface area contributed by atoms with Crippen LogP contribution in [-0.4, -0.2) is 15.9 Å². The van der Waals surface area contributed by atoms with Gasteiger partial charge in [-0.3, -0.25) is 10.1 Å². The predicted molar refractivity (Wildman–Crippen MR) is 102 cm³/mol. The standard InChI is InChI=1S/C20H12F3N3OS/c21-20(22,23)14-5-1-4-13(11-14)15-6-2-3-12-7-8-16(25-17(12)15)18(27)26-19-24-9-10-28-19/h1-11H,(H,24,26,27). The number of para-hydroxylation sites is 1. The number of nitrogens with one attached hydrogen (secondary N) is 1. The lowest BCUT2D eigenvalue weighted by molar-refractivity contribution is -0.137. The molecule has 0 atom stereocenters. The van der Waals surface area contributed by atoms with Crippen LogP contribution in [0.5, 0.6) is 0 Å². The number of pyridine rings is 1. The van der Waals surface area contributed by atoms with Crippen molar-refractivity contribution < 1.29 is 18.0 Å². The van der Waals surface area contributed by atoms with Gasteiger partial charge in [-0.1, -0.05) is 36.4 Å². The Morgan fingerprint density at radius 2 is 1.86 bits per heavy atom. The molecule has 0 aliphatic rings. The monoisotopic (exact) mass is 399 g/mol. The Bertz CT molecular complexity index is 1160. The van der Waals surface area contributed by atoms with E-state index in [1.165, 1.54) is 17.4 Å². The number of carbonyl (C=O) groups is 1. The van der Waals surface area contributed by atoms with Crippen LogP contribution in [0.25, 0.3) is 22.0 Å². The zero-order valence-electron chi connectivity index (χ0n) is 14.2. The van der Waals surface area contributed by atoms with Crippen LogP contribution in [0.1, 0.15) is 16.1 Å². The summed E-state index contributed by atoms with van der Waals surface area (Å²) in [5, 5.41) is 5.55. The highest BCUT2D eigenvalue weighted by atomic mass is 32.1. The Labute approximate surface area is 161 Å². The molecule has 1 N–H and O–H groups in total. The lowest BCUT2D eigenvalue weighted by Gasteiger charge is -2.11. The second kappa shape index (κ2) is 7.05. The summed E-state index contributed by atoms with van der Waals surface area (Å²) < 4.78 is 39.2. The van der Waals surface area contributed by atoms with E-state index in [0.29, 0.717) is 21.8 Å². The number of anilines is 1. The third-order valence-electron chi connectivity index (χ3n) is 4.11. The van der Waals surface area contributed by atoms with Crippen LogP contribution in [0.3, 0.4) is 0 Å². The molecule has 140 valence electrons. The van der Waals surface area contributed by atoms with Crippen molar-refractivity contribution in [1.29, 1.82) is 0 Å². The maximum absolute atomic E-state index is 13.1. The normalized spacial score (nSPS) is 11.5. The average molecular weight is 399 g/mol. The number of fused-ring (bicyclic) bond motifs is 1. The summed E-state index contributed by atoms with van der Waals surface area (Å²) >= 11 is 1.28. The second-order valence-corrected chi connectivity index (χ2v) is 6.84. The van der Waals surface area contributed by atoms with E-state index in [9.17, 15) is 18.0 Å². The molecule has 0 bridgehead atoms. The number of hydrogen-bond acceptors (Lipinski definition) is 4. The summed E-state index contributed by atoms with van der Waals surface area (Å²) in [6.07, 6.45) is -2.87. The van der Waals surface area contributed by atoms with Gasteiger partial charge in [0, 0.05) is 22.5 Å². The molecule has 0 radical (unpaired) electrons. The van der Waals surface area contributed by atoms with Crippen molar-refractivity contribution in [3.8, 4) is 11.1 Å². The van der Waals surface area contributed by atoms with E-state index in [1.807, 2.05) is 0 Å². The van der Waals surface area contributed by atoms with Gasteiger partial charge in [0.05, 0.1) is 11.1 Å². The van der Waals surface area contributed by atoms with Crippen molar-refractivity contribution in [3.05, 3.63) is 77.4 Å². The molecule has 0 aliphatic carbocycles. The fourth-order valence-corrected chi connectivity index (χ4v) is 3.34. The summed E-state index contributed by atoms with van der Waals surface area (Å²) in [4.78, 5) is 20.8. The summed E-state index contributed by atoms with van der Waals surface area (Å²) in [6, 6.07) is 13.6. The molecular formula is C20H12F3N3OS. The number of thiazole rings is 1. The number of aromatic nitrogens is 2. The van der Waals surface area contributed by atoms with Gasteiger partial charge in [-0.15, -0.1) is 11.3 Å². The van der Waals surface area contributed by atoms with E-state index in [4.69, 9.17) is 0 Å². The van der Waals surface area contributed by atoms with Crippen LogP contribution in [0.4, 0.5) is 18.3 Å². The number of nitrogens with zero attached hydrogens (tertiary/aromatic N) is 2. The number of hydrogen-bond donors (Lipinski definition) is 1. The first-order valence-corrected chi connectivity index (χ1v) is 9.08. The lowest BCUT2D eigenvalue weighted by Crippen LogP contribution is -2.13. The van der Waals surface area contributed by atoms with E-state index in [2.05, 4.69) is 15.3 Å². The summed E-state index contributed by atoms with van der Waals surface area (Å²) in [6.45, 7) is 0. The smallest absolute Gasteiger partial charge is 0.296 e. The Balaban J connectivity index is 1.78. The largest absolute Gasteiger partial charge is 0.416 e. The molecule has 0 saturated carbocycles. The topological polar surface area (TPSA) is 54.9 Å². The van der Waals surface area contributed by atoms with E-state index < -0.39 is 17.6 Å². The molecule has 4 nitrogen and oxygen atoms in total. The molecule has 8 heteroatoms. The number of alkyl halides is 3. The van der Waals surface area contributed by atoms with Crippen LogP contribution in [-0.2, 0) is 6.18 Å². The molecule has 0 unspecified atom stereocenters. The molecule has 2 heterocycles. The zero-order chi connectivity index (χ0) is 19.7. The first kappa shape index (κ1) is 18.1. The fourth-order valence-electron chi connectivity index (χ4n) is 2.82. The lowest BCUT2D eigenvalue weighted by atomic mass is 9.99. The van der Waals surface area contributed by atoms with Crippen LogP contribution in [0.15, 0.2) is 66.2 Å². The van der Waals surface area contributed by atoms with E-state index in [0.717, 1.165) is 17.5 Å². The van der Waals surface area contributed by atoms with Crippen molar-refractivity contribution in [2.45, 2.75) is 6.18 Å². The quantitative estimate of drug-likeness (QED) is 0.486. The van der Waals surface area contributed by atoms with Gasteiger partial charge in [0.2, 0.25) is 0 Å². The van der Waals surface area contributed by atoms with E-state index in [-0.39, 0.29) is 5.69 Å². The van der Waals surface area contributed by atoms with Gasteiger partial charge in [-0.2, -0.15) is 13.2 Å². The number of halogens is 3. The van der Waals surface area contributed by atoms with Crippen LogP contribution in [0.2, 0.25) is 0 Å². The number of benzene rings is 2. The van der Waals surface area contributed by atoms with Crippen LogP contribution < -0.4 is 5.32 Å². The molecule has 2 aromatic heterocycles. The number of rotatable bonds is 3. The average Bonchev–Trinajstić information content (AvgIpc) is 3.19. The third kappa shape index (κ3) is 3.59. The Kier molecular flexibility index (Phi) is 4.56. The molecule has 2 aromatic carbocycles. The maximum Gasteiger partial charge on any atom is 0.416 e. The van der Waals surface area contributed by atoms with Crippen LogP contribution in [0, 0.1) is 0 Å². The minimum absolute atomic E-state index is 0.155. The highest BCUT2D eigenvalue weighted by Crippen LogP contribution is 2.34. The highest BCUT2D eigenvalue weighted by Gasteiger charge is 2.30. The van der Waals surface area contributed by atoms with Crippen molar-refractivity contribution in [1.82, 2.24) is 9.97 Å². The first-order chi connectivity index (χ1) is 13.4. The van der Waals surface area contributed by atoms with Gasteiger partial charge in [-0.05, 0) is 23.8 Å². The van der Waals surface area contributed by atoms with Gasteiger partial charge in [0.15, 0.2) is 5.13 Å². The molecule has 1 amide bonds. The van der Waals surface area contributed by atoms with Gasteiger partial charge >= 0.3 is 6.18 Å². The fraction of sp³-hybridized carbons (Fsp3) is 0.0500. The van der Waals surface area contributed by atoms with Gasteiger partial charge < -0.3 is 0 Å². The molecule has 4 rings (SSSR count). The Hall–Kier alpha value is -3.26. The minimum atomic E-state index is -4.44. The Morgan fingerprint density at radius 1 is 1.04 bits per heavy atom. The SMILES string of the molecule is O=C(Nc1nccs1)c1ccc2cccc(-c3cccc(C(F)(F)F)c3)c2n1. The predicted octanol–water partition coefficient (Wildman–Crippen LogP) is 5.63.